The van der Waals surface area contributed by atoms with Crippen LogP contribution >= 0.6 is 0 Å². The Morgan fingerprint density at radius 3 is 2.71 bits per heavy atom. The Morgan fingerprint density at radius 1 is 1.53 bits per heavy atom. The molecule has 0 fully saturated rings. The van der Waals surface area contributed by atoms with Crippen LogP contribution in [0.2, 0.25) is 0 Å². The summed E-state index contributed by atoms with van der Waals surface area (Å²) < 4.78 is 5.45. The van der Waals surface area contributed by atoms with Crippen molar-refractivity contribution in [3.8, 4) is 5.75 Å². The minimum atomic E-state index is -0.932. The van der Waals surface area contributed by atoms with Crippen LogP contribution in [-0.4, -0.2) is 30.3 Å². The quantitative estimate of drug-likeness (QED) is 0.560. The fourth-order valence-electron chi connectivity index (χ4n) is 1.23. The highest BCUT2D eigenvalue weighted by atomic mass is 16.5. The van der Waals surface area contributed by atoms with Crippen LogP contribution in [0.4, 0.5) is 0 Å². The highest BCUT2D eigenvalue weighted by Crippen LogP contribution is 2.11. The van der Waals surface area contributed by atoms with Crippen molar-refractivity contribution in [1.82, 2.24) is 5.32 Å². The standard InChI is InChI=1S/C13H17NO3/c1-3-10(2)14-8-9-17-12-6-4-11(5-7-12)13(15)16/h3-7,10,14H,1,8-9H2,2H3,(H,15,16). The molecular formula is C13H17NO3. The van der Waals surface area contributed by atoms with Gasteiger partial charge in [-0.25, -0.2) is 4.79 Å². The van der Waals surface area contributed by atoms with Gasteiger partial charge in [0.15, 0.2) is 0 Å². The Bertz CT molecular complexity index is 373. The van der Waals surface area contributed by atoms with E-state index in [9.17, 15) is 4.79 Å². The van der Waals surface area contributed by atoms with Gasteiger partial charge in [-0.1, -0.05) is 6.08 Å². The Labute approximate surface area is 101 Å². The van der Waals surface area contributed by atoms with Crippen LogP contribution in [0.15, 0.2) is 36.9 Å². The van der Waals surface area contributed by atoms with Gasteiger partial charge in [0.2, 0.25) is 0 Å². The second-order valence-corrected chi connectivity index (χ2v) is 3.66. The second-order valence-electron chi connectivity index (χ2n) is 3.66. The van der Waals surface area contributed by atoms with Crippen LogP contribution < -0.4 is 10.1 Å². The molecule has 4 nitrogen and oxygen atoms in total. The molecule has 0 aromatic heterocycles. The summed E-state index contributed by atoms with van der Waals surface area (Å²) in [6.07, 6.45) is 1.82. The van der Waals surface area contributed by atoms with E-state index in [0.29, 0.717) is 18.9 Å². The van der Waals surface area contributed by atoms with Crippen LogP contribution in [0.3, 0.4) is 0 Å². The maximum absolute atomic E-state index is 10.6. The van der Waals surface area contributed by atoms with E-state index in [1.165, 1.54) is 12.1 Å². The van der Waals surface area contributed by atoms with E-state index in [0.717, 1.165) is 0 Å². The first-order chi connectivity index (χ1) is 8.13. The molecule has 4 heteroatoms. The van der Waals surface area contributed by atoms with Crippen LogP contribution in [0.1, 0.15) is 17.3 Å². The van der Waals surface area contributed by atoms with Gasteiger partial charge < -0.3 is 15.2 Å². The molecule has 0 radical (unpaired) electrons. The monoisotopic (exact) mass is 235 g/mol. The van der Waals surface area contributed by atoms with E-state index >= 15 is 0 Å². The first-order valence-electron chi connectivity index (χ1n) is 5.45. The Morgan fingerprint density at radius 2 is 2.18 bits per heavy atom. The molecule has 1 unspecified atom stereocenters. The third-order valence-corrected chi connectivity index (χ3v) is 2.29. The van der Waals surface area contributed by atoms with Crippen LogP contribution in [0, 0.1) is 0 Å². The molecule has 1 aromatic carbocycles. The molecule has 0 bridgehead atoms. The number of hydrogen-bond acceptors (Lipinski definition) is 3. The number of carbonyl (C=O) groups is 1. The van der Waals surface area contributed by atoms with Gasteiger partial charge in [0, 0.05) is 12.6 Å². The van der Waals surface area contributed by atoms with E-state index < -0.39 is 5.97 Å². The largest absolute Gasteiger partial charge is 0.492 e. The van der Waals surface area contributed by atoms with Crippen LogP contribution in [0.5, 0.6) is 5.75 Å². The lowest BCUT2D eigenvalue weighted by Crippen LogP contribution is -2.28. The molecule has 0 aliphatic heterocycles. The topological polar surface area (TPSA) is 58.6 Å². The van der Waals surface area contributed by atoms with E-state index in [1.807, 2.05) is 13.0 Å². The van der Waals surface area contributed by atoms with Gasteiger partial charge in [-0.05, 0) is 31.2 Å². The lowest BCUT2D eigenvalue weighted by atomic mass is 10.2. The molecule has 0 aliphatic rings. The number of nitrogens with one attached hydrogen (secondary N) is 1. The van der Waals surface area contributed by atoms with E-state index in [2.05, 4.69) is 11.9 Å². The zero-order valence-electron chi connectivity index (χ0n) is 9.85. The first-order valence-corrected chi connectivity index (χ1v) is 5.45. The number of rotatable bonds is 7. The number of benzene rings is 1. The van der Waals surface area contributed by atoms with Crippen molar-refractivity contribution in [2.24, 2.45) is 0 Å². The number of carboxylic acid groups (broad SMARTS) is 1. The molecule has 0 saturated carbocycles. The van der Waals surface area contributed by atoms with Crippen LogP contribution in [0.25, 0.3) is 0 Å². The smallest absolute Gasteiger partial charge is 0.335 e. The van der Waals surface area contributed by atoms with Crippen molar-refractivity contribution in [3.05, 3.63) is 42.5 Å². The summed E-state index contributed by atoms with van der Waals surface area (Å²) in [7, 11) is 0. The minimum Gasteiger partial charge on any atom is -0.492 e. The minimum absolute atomic E-state index is 0.257. The normalized spacial score (nSPS) is 11.8. The third kappa shape index (κ3) is 4.70. The number of hydrogen-bond donors (Lipinski definition) is 2. The summed E-state index contributed by atoms with van der Waals surface area (Å²) in [6, 6.07) is 6.61. The average molecular weight is 235 g/mol. The van der Waals surface area contributed by atoms with Gasteiger partial charge in [0.25, 0.3) is 0 Å². The average Bonchev–Trinajstić information content (AvgIpc) is 2.34. The van der Waals surface area contributed by atoms with Crippen molar-refractivity contribution in [1.29, 1.82) is 0 Å². The number of ether oxygens (including phenoxy) is 1. The fraction of sp³-hybridized carbons (Fsp3) is 0.308. The molecule has 0 spiro atoms. The molecule has 92 valence electrons. The van der Waals surface area contributed by atoms with E-state index in [-0.39, 0.29) is 11.6 Å². The zero-order chi connectivity index (χ0) is 12.7. The molecule has 2 N–H and O–H groups in total. The Balaban J connectivity index is 2.32. The Kier molecular flexibility index (Phi) is 5.23. The van der Waals surface area contributed by atoms with Crippen molar-refractivity contribution in [3.63, 3.8) is 0 Å². The van der Waals surface area contributed by atoms with Gasteiger partial charge in [-0.15, -0.1) is 6.58 Å². The summed E-state index contributed by atoms with van der Waals surface area (Å²) in [6.45, 7) is 6.92. The highest BCUT2D eigenvalue weighted by Gasteiger charge is 2.02. The van der Waals surface area contributed by atoms with Crippen LogP contribution in [-0.2, 0) is 0 Å². The SMILES string of the molecule is C=CC(C)NCCOc1ccc(C(=O)O)cc1. The molecule has 0 heterocycles. The maximum Gasteiger partial charge on any atom is 0.335 e. The predicted octanol–water partition coefficient (Wildman–Crippen LogP) is 1.93. The lowest BCUT2D eigenvalue weighted by Gasteiger charge is -2.10. The lowest BCUT2D eigenvalue weighted by molar-refractivity contribution is 0.0697. The van der Waals surface area contributed by atoms with Crippen molar-refractivity contribution < 1.29 is 14.6 Å². The summed E-state index contributed by atoms with van der Waals surface area (Å²) >= 11 is 0. The van der Waals surface area contributed by atoms with Gasteiger partial charge in [-0.3, -0.25) is 0 Å². The molecule has 17 heavy (non-hydrogen) atoms. The molecular weight excluding hydrogens is 218 g/mol. The third-order valence-electron chi connectivity index (χ3n) is 2.29. The Hall–Kier alpha value is -1.81. The molecule has 0 amide bonds. The number of aromatic carboxylic acids is 1. The predicted molar refractivity (Wildman–Crippen MR) is 66.6 cm³/mol. The second kappa shape index (κ2) is 6.70. The number of carboxylic acids is 1. The summed E-state index contributed by atoms with van der Waals surface area (Å²) in [5, 5.41) is 11.9. The summed E-state index contributed by atoms with van der Waals surface area (Å²) in [5.41, 5.74) is 0.260. The van der Waals surface area contributed by atoms with Crippen molar-refractivity contribution in [2.45, 2.75) is 13.0 Å². The summed E-state index contributed by atoms with van der Waals surface area (Å²) in [4.78, 5) is 10.6. The van der Waals surface area contributed by atoms with Crippen molar-refractivity contribution in [2.75, 3.05) is 13.2 Å². The molecule has 1 aromatic rings. The zero-order valence-corrected chi connectivity index (χ0v) is 9.85. The first kappa shape index (κ1) is 13.3. The van der Waals surface area contributed by atoms with E-state index in [4.69, 9.17) is 9.84 Å². The van der Waals surface area contributed by atoms with Crippen molar-refractivity contribution >= 4 is 5.97 Å². The van der Waals surface area contributed by atoms with Gasteiger partial charge in [0.05, 0.1) is 5.56 Å². The fourth-order valence-corrected chi connectivity index (χ4v) is 1.23. The summed E-state index contributed by atoms with van der Waals surface area (Å²) in [5.74, 6) is -0.263. The maximum atomic E-state index is 10.6. The van der Waals surface area contributed by atoms with Gasteiger partial charge >= 0.3 is 5.97 Å². The molecule has 1 rings (SSSR count). The molecule has 0 aliphatic carbocycles. The van der Waals surface area contributed by atoms with Gasteiger partial charge in [0.1, 0.15) is 12.4 Å². The van der Waals surface area contributed by atoms with E-state index in [1.54, 1.807) is 12.1 Å². The van der Waals surface area contributed by atoms with Gasteiger partial charge in [-0.2, -0.15) is 0 Å². The highest BCUT2D eigenvalue weighted by molar-refractivity contribution is 5.87. The molecule has 0 saturated heterocycles. The molecule has 1 atom stereocenters.